The predicted molar refractivity (Wildman–Crippen MR) is 126 cm³/mol. The Morgan fingerprint density at radius 3 is 2.56 bits per heavy atom. The smallest absolute Gasteiger partial charge is 0.311 e. The molecule has 0 saturated heterocycles. The van der Waals surface area contributed by atoms with E-state index >= 15 is 0 Å². The van der Waals surface area contributed by atoms with Crippen molar-refractivity contribution < 1.29 is 19.6 Å². The van der Waals surface area contributed by atoms with Gasteiger partial charge < -0.3 is 10.4 Å². The van der Waals surface area contributed by atoms with Crippen LogP contribution in [0.25, 0.3) is 0 Å². The number of allylic oxidation sites excluding steroid dienone is 2. The number of aliphatic carboxylic acids is 1. The van der Waals surface area contributed by atoms with Crippen LogP contribution >= 0.6 is 0 Å². The Morgan fingerprint density at radius 1 is 1.09 bits per heavy atom. The zero-order valence-electron chi connectivity index (χ0n) is 18.0. The number of benzene rings is 2. The number of carboxylic acids is 1. The highest BCUT2D eigenvalue weighted by Crippen LogP contribution is 2.34. The van der Waals surface area contributed by atoms with Crippen molar-refractivity contribution in [3.8, 4) is 0 Å². The van der Waals surface area contributed by atoms with Crippen LogP contribution in [0.2, 0.25) is 0 Å². The van der Waals surface area contributed by atoms with Gasteiger partial charge in [0.15, 0.2) is 0 Å². The first-order chi connectivity index (χ1) is 16.4. The fourth-order valence-corrected chi connectivity index (χ4v) is 4.05. The van der Waals surface area contributed by atoms with E-state index in [4.69, 9.17) is 0 Å². The standard InChI is InChI=1S/C25H22N4O5/c30-24(17-9-6-10-18(13-17)29(33)34)28-27-23(16-7-2-1-3-8-16)14-20(25(31)32)21-15-26-22-12-5-4-11-19(21)22/h1-13,15,19-20,22,26H,14H2,(H,28,30)(H,31,32)/b27-23-. The summed E-state index contributed by atoms with van der Waals surface area (Å²) in [6, 6.07) is 14.3. The number of non-ortho nitro benzene ring substituents is 1. The molecule has 4 rings (SSSR count). The second kappa shape index (κ2) is 9.95. The molecule has 1 aliphatic heterocycles. The van der Waals surface area contributed by atoms with Crippen LogP contribution in [0.4, 0.5) is 5.69 Å². The summed E-state index contributed by atoms with van der Waals surface area (Å²) in [6.45, 7) is 0. The van der Waals surface area contributed by atoms with Crippen molar-refractivity contribution in [3.63, 3.8) is 0 Å². The number of hydrogen-bond acceptors (Lipinski definition) is 6. The molecule has 0 radical (unpaired) electrons. The molecule has 1 aliphatic carbocycles. The SMILES string of the molecule is O=C(N/N=C(/CC(C(=O)O)C1=CNC2C=CC=CC12)c1ccccc1)c1cccc([N+](=O)[O-])c1. The molecule has 0 saturated carbocycles. The number of nitro groups is 1. The molecule has 3 N–H and O–H groups in total. The third-order valence-corrected chi connectivity index (χ3v) is 5.78. The van der Waals surface area contributed by atoms with Crippen molar-refractivity contribution in [1.82, 2.24) is 10.7 Å². The molecular weight excluding hydrogens is 436 g/mol. The van der Waals surface area contributed by atoms with Gasteiger partial charge in [0.05, 0.1) is 22.6 Å². The summed E-state index contributed by atoms with van der Waals surface area (Å²) < 4.78 is 0. The first kappa shape index (κ1) is 22.7. The Labute approximate surface area is 195 Å². The zero-order valence-corrected chi connectivity index (χ0v) is 18.0. The van der Waals surface area contributed by atoms with Crippen LogP contribution in [0.5, 0.6) is 0 Å². The number of nitrogens with zero attached hydrogens (tertiary/aromatic N) is 2. The molecule has 3 atom stereocenters. The Bertz CT molecular complexity index is 1230. The molecule has 1 amide bonds. The quantitative estimate of drug-likeness (QED) is 0.315. The maximum absolute atomic E-state index is 12.6. The van der Waals surface area contributed by atoms with E-state index in [0.717, 1.165) is 11.6 Å². The average Bonchev–Trinajstić information content (AvgIpc) is 3.28. The number of hydrogen-bond donors (Lipinski definition) is 3. The van der Waals surface area contributed by atoms with Crippen molar-refractivity contribution in [1.29, 1.82) is 0 Å². The highest BCUT2D eigenvalue weighted by atomic mass is 16.6. The zero-order chi connectivity index (χ0) is 24.1. The molecule has 0 fully saturated rings. The van der Waals surface area contributed by atoms with E-state index in [0.29, 0.717) is 11.3 Å². The van der Waals surface area contributed by atoms with E-state index in [1.54, 1.807) is 30.5 Å². The van der Waals surface area contributed by atoms with Crippen LogP contribution in [0.15, 0.2) is 95.8 Å². The van der Waals surface area contributed by atoms with Crippen molar-refractivity contribution in [2.45, 2.75) is 12.5 Å². The van der Waals surface area contributed by atoms with Gasteiger partial charge in [0.1, 0.15) is 0 Å². The molecule has 2 aliphatic rings. The minimum atomic E-state index is -0.995. The summed E-state index contributed by atoms with van der Waals surface area (Å²) in [5.41, 5.74) is 4.06. The number of hydrazone groups is 1. The van der Waals surface area contributed by atoms with E-state index in [-0.39, 0.29) is 29.6 Å². The number of amides is 1. The Balaban J connectivity index is 1.60. The minimum Gasteiger partial charge on any atom is -0.481 e. The van der Waals surface area contributed by atoms with Gasteiger partial charge in [0.2, 0.25) is 0 Å². The highest BCUT2D eigenvalue weighted by Gasteiger charge is 2.36. The topological polar surface area (TPSA) is 134 Å². The number of nitrogens with one attached hydrogen (secondary N) is 2. The molecule has 9 nitrogen and oxygen atoms in total. The lowest BCUT2D eigenvalue weighted by Crippen LogP contribution is -2.29. The fourth-order valence-electron chi connectivity index (χ4n) is 4.05. The summed E-state index contributed by atoms with van der Waals surface area (Å²) in [7, 11) is 0. The highest BCUT2D eigenvalue weighted by molar-refractivity contribution is 6.04. The summed E-state index contributed by atoms with van der Waals surface area (Å²) in [6.07, 6.45) is 9.56. The van der Waals surface area contributed by atoms with Crippen LogP contribution in [0.1, 0.15) is 22.3 Å². The third kappa shape index (κ3) is 4.93. The molecule has 2 aromatic rings. The van der Waals surface area contributed by atoms with Crippen molar-refractivity contribution >= 4 is 23.3 Å². The molecule has 0 aromatic heterocycles. The number of rotatable bonds is 8. The lowest BCUT2D eigenvalue weighted by Gasteiger charge is -2.23. The van der Waals surface area contributed by atoms with Crippen molar-refractivity contribution in [2.75, 3.05) is 0 Å². The fraction of sp³-hybridized carbons (Fsp3) is 0.160. The molecular formula is C25H22N4O5. The number of carbonyl (C=O) groups excluding carboxylic acids is 1. The second-order valence-electron chi connectivity index (χ2n) is 7.90. The van der Waals surface area contributed by atoms with Gasteiger partial charge in [-0.1, -0.05) is 60.7 Å². The molecule has 34 heavy (non-hydrogen) atoms. The first-order valence-corrected chi connectivity index (χ1v) is 10.6. The van der Waals surface area contributed by atoms with Gasteiger partial charge in [-0.25, -0.2) is 5.43 Å². The lowest BCUT2D eigenvalue weighted by atomic mass is 9.81. The van der Waals surface area contributed by atoms with E-state index in [9.17, 15) is 24.8 Å². The van der Waals surface area contributed by atoms with Crippen LogP contribution in [-0.2, 0) is 4.79 Å². The Hall–Kier alpha value is -4.53. The monoisotopic (exact) mass is 458 g/mol. The third-order valence-electron chi connectivity index (χ3n) is 5.78. The molecule has 3 unspecified atom stereocenters. The molecule has 0 spiro atoms. The van der Waals surface area contributed by atoms with E-state index in [2.05, 4.69) is 15.8 Å². The number of nitro benzene ring substituents is 1. The molecule has 9 heteroatoms. The van der Waals surface area contributed by atoms with Crippen molar-refractivity contribution in [2.24, 2.45) is 16.9 Å². The summed E-state index contributed by atoms with van der Waals surface area (Å²) in [4.78, 5) is 35.3. The van der Waals surface area contributed by atoms with Gasteiger partial charge in [-0.3, -0.25) is 19.7 Å². The van der Waals surface area contributed by atoms with Gasteiger partial charge >= 0.3 is 5.97 Å². The predicted octanol–water partition coefficient (Wildman–Crippen LogP) is 3.42. The number of carboxylic acid groups (broad SMARTS) is 1. The maximum atomic E-state index is 12.6. The summed E-state index contributed by atoms with van der Waals surface area (Å²) >= 11 is 0. The Morgan fingerprint density at radius 2 is 1.82 bits per heavy atom. The largest absolute Gasteiger partial charge is 0.481 e. The van der Waals surface area contributed by atoms with E-state index in [1.807, 2.05) is 30.4 Å². The van der Waals surface area contributed by atoms with Crippen LogP contribution in [0.3, 0.4) is 0 Å². The first-order valence-electron chi connectivity index (χ1n) is 10.6. The van der Waals surface area contributed by atoms with E-state index in [1.165, 1.54) is 18.2 Å². The maximum Gasteiger partial charge on any atom is 0.311 e. The van der Waals surface area contributed by atoms with Gasteiger partial charge in [0.25, 0.3) is 11.6 Å². The van der Waals surface area contributed by atoms with Gasteiger partial charge in [-0.05, 0) is 23.4 Å². The lowest BCUT2D eigenvalue weighted by molar-refractivity contribution is -0.384. The van der Waals surface area contributed by atoms with Gasteiger partial charge in [-0.2, -0.15) is 5.10 Å². The van der Waals surface area contributed by atoms with Crippen LogP contribution < -0.4 is 10.7 Å². The summed E-state index contributed by atoms with van der Waals surface area (Å²) in [5.74, 6) is -2.58. The molecule has 2 aromatic carbocycles. The summed E-state index contributed by atoms with van der Waals surface area (Å²) in [5, 5.41) is 28.5. The van der Waals surface area contributed by atoms with Crippen LogP contribution in [0, 0.1) is 22.0 Å². The Kier molecular flexibility index (Phi) is 6.63. The van der Waals surface area contributed by atoms with Gasteiger partial charge in [0, 0.05) is 30.0 Å². The van der Waals surface area contributed by atoms with Gasteiger partial charge in [-0.15, -0.1) is 0 Å². The average molecular weight is 458 g/mol. The normalized spacial score (nSPS) is 19.5. The molecule has 0 bridgehead atoms. The second-order valence-corrected chi connectivity index (χ2v) is 7.90. The minimum absolute atomic E-state index is 0.00698. The number of carbonyl (C=O) groups is 2. The van der Waals surface area contributed by atoms with Crippen molar-refractivity contribution in [3.05, 3.63) is 112 Å². The molecule has 1 heterocycles. The van der Waals surface area contributed by atoms with Crippen LogP contribution in [-0.4, -0.2) is 33.7 Å². The molecule has 172 valence electrons. The number of fused-ring (bicyclic) bond motifs is 1. The van der Waals surface area contributed by atoms with E-state index < -0.39 is 22.7 Å².